The number of amides is 1. The molecule has 5 N–H and O–H groups in total. The van der Waals surface area contributed by atoms with Gasteiger partial charge in [0.05, 0.1) is 6.20 Å². The number of nitrogens with two attached hydrogens (primary N) is 2. The molecule has 0 aromatic carbocycles. The summed E-state index contributed by atoms with van der Waals surface area (Å²) in [6, 6.07) is 2.00. The molecule has 23 heavy (non-hydrogen) atoms. The van der Waals surface area contributed by atoms with Gasteiger partial charge < -0.3 is 21.7 Å². The summed E-state index contributed by atoms with van der Waals surface area (Å²) in [5.74, 6) is 0.990. The number of anilines is 3. The Bertz CT molecular complexity index is 717. The number of nitrogens with one attached hydrogen (secondary N) is 1. The zero-order valence-corrected chi connectivity index (χ0v) is 13.6. The normalized spacial score (nSPS) is 18.0. The van der Waals surface area contributed by atoms with Crippen molar-refractivity contribution in [3.05, 3.63) is 22.8 Å². The molecule has 8 nitrogen and oxygen atoms in total. The Morgan fingerprint density at radius 3 is 3.00 bits per heavy atom. The largest absolute Gasteiger partial charge is 0.364 e. The number of hydrogen-bond donors (Lipinski definition) is 3. The zero-order chi connectivity index (χ0) is 16.4. The van der Waals surface area contributed by atoms with Gasteiger partial charge in [-0.15, -0.1) is 0 Å². The number of carbonyl (C=O) groups excluding carboxylic acids is 1. The standard InChI is InChI=1S/C14H19N7OS/c1-8-5-10(20-23-8)18-14-12(13(16)22)17-6-11(19-14)21-4-2-3-9(15)7-21/h5-6,9H,2-4,7,15H2,1H3,(H2,16,22)(H,18,19,20)/t9-/m1/s1. The van der Waals surface area contributed by atoms with Crippen molar-refractivity contribution in [3.8, 4) is 0 Å². The summed E-state index contributed by atoms with van der Waals surface area (Å²) in [5, 5.41) is 3.03. The van der Waals surface area contributed by atoms with Crippen LogP contribution in [0, 0.1) is 6.92 Å². The van der Waals surface area contributed by atoms with Gasteiger partial charge in [-0.25, -0.2) is 9.97 Å². The minimum absolute atomic E-state index is 0.0979. The highest BCUT2D eigenvalue weighted by atomic mass is 32.1. The van der Waals surface area contributed by atoms with Crippen molar-refractivity contribution < 1.29 is 4.79 Å². The van der Waals surface area contributed by atoms with Gasteiger partial charge in [0, 0.05) is 24.0 Å². The average molecular weight is 333 g/mol. The van der Waals surface area contributed by atoms with Crippen LogP contribution in [-0.2, 0) is 0 Å². The first kappa shape index (κ1) is 15.6. The maximum atomic E-state index is 11.6. The number of hydrogen-bond acceptors (Lipinski definition) is 8. The van der Waals surface area contributed by atoms with E-state index in [1.165, 1.54) is 11.5 Å². The lowest BCUT2D eigenvalue weighted by atomic mass is 10.1. The van der Waals surface area contributed by atoms with Crippen LogP contribution in [0.25, 0.3) is 0 Å². The van der Waals surface area contributed by atoms with Crippen LogP contribution in [0.1, 0.15) is 28.2 Å². The van der Waals surface area contributed by atoms with Gasteiger partial charge in [0.25, 0.3) is 5.91 Å². The smallest absolute Gasteiger partial charge is 0.271 e. The number of carbonyl (C=O) groups is 1. The van der Waals surface area contributed by atoms with Crippen molar-refractivity contribution in [2.45, 2.75) is 25.8 Å². The lowest BCUT2D eigenvalue weighted by molar-refractivity contribution is 0.0996. The van der Waals surface area contributed by atoms with Crippen molar-refractivity contribution >= 4 is 34.9 Å². The van der Waals surface area contributed by atoms with Gasteiger partial charge in [0.15, 0.2) is 11.5 Å². The fourth-order valence-corrected chi connectivity index (χ4v) is 3.07. The molecule has 1 atom stereocenters. The summed E-state index contributed by atoms with van der Waals surface area (Å²) < 4.78 is 4.24. The van der Waals surface area contributed by atoms with Crippen LogP contribution in [0.3, 0.4) is 0 Å². The van der Waals surface area contributed by atoms with E-state index in [9.17, 15) is 4.79 Å². The predicted octanol–water partition coefficient (Wildman–Crippen LogP) is 1.01. The van der Waals surface area contributed by atoms with E-state index < -0.39 is 5.91 Å². The summed E-state index contributed by atoms with van der Waals surface area (Å²) >= 11 is 1.37. The first-order chi connectivity index (χ1) is 11.0. The fraction of sp³-hybridized carbons (Fsp3) is 0.429. The van der Waals surface area contributed by atoms with E-state index >= 15 is 0 Å². The van der Waals surface area contributed by atoms with Gasteiger partial charge in [-0.2, -0.15) is 4.37 Å². The van der Waals surface area contributed by atoms with Gasteiger partial charge in [0.1, 0.15) is 11.6 Å². The van der Waals surface area contributed by atoms with Gasteiger partial charge in [-0.05, 0) is 37.4 Å². The quantitative estimate of drug-likeness (QED) is 0.763. The molecular weight excluding hydrogens is 314 g/mol. The van der Waals surface area contributed by atoms with Crippen LogP contribution >= 0.6 is 11.5 Å². The van der Waals surface area contributed by atoms with Crippen LogP contribution in [0.2, 0.25) is 0 Å². The number of primary amides is 1. The maximum absolute atomic E-state index is 11.6. The highest BCUT2D eigenvalue weighted by Gasteiger charge is 2.21. The predicted molar refractivity (Wildman–Crippen MR) is 90.1 cm³/mol. The highest BCUT2D eigenvalue weighted by Crippen LogP contribution is 2.23. The second-order valence-electron chi connectivity index (χ2n) is 5.59. The third-order valence-corrected chi connectivity index (χ3v) is 4.34. The van der Waals surface area contributed by atoms with Crippen molar-refractivity contribution in [2.75, 3.05) is 23.3 Å². The fourth-order valence-electron chi connectivity index (χ4n) is 2.56. The summed E-state index contributed by atoms with van der Waals surface area (Å²) in [7, 11) is 0. The molecule has 0 spiro atoms. The summed E-state index contributed by atoms with van der Waals surface area (Å²) in [6.45, 7) is 3.54. The molecule has 1 aliphatic rings. The monoisotopic (exact) mass is 333 g/mol. The number of aryl methyl sites for hydroxylation is 1. The third kappa shape index (κ3) is 3.57. The molecule has 122 valence electrons. The van der Waals surface area contributed by atoms with E-state index in [2.05, 4.69) is 24.6 Å². The molecule has 0 aliphatic carbocycles. The molecule has 0 unspecified atom stereocenters. The molecule has 1 fully saturated rings. The molecule has 9 heteroatoms. The van der Waals surface area contributed by atoms with Crippen LogP contribution in [0.5, 0.6) is 0 Å². The lowest BCUT2D eigenvalue weighted by Crippen LogP contribution is -2.43. The molecule has 3 heterocycles. The molecule has 0 radical (unpaired) electrons. The zero-order valence-electron chi connectivity index (χ0n) is 12.8. The SMILES string of the molecule is Cc1cc(Nc2nc(N3CCC[C@@H](N)C3)cnc2C(N)=O)ns1. The van der Waals surface area contributed by atoms with Crippen LogP contribution in [0.4, 0.5) is 17.5 Å². The second kappa shape index (κ2) is 6.47. The lowest BCUT2D eigenvalue weighted by Gasteiger charge is -2.31. The van der Waals surface area contributed by atoms with Crippen LogP contribution in [0.15, 0.2) is 12.3 Å². The third-order valence-electron chi connectivity index (χ3n) is 3.65. The minimum Gasteiger partial charge on any atom is -0.364 e. The van der Waals surface area contributed by atoms with Crippen molar-refractivity contribution in [2.24, 2.45) is 11.5 Å². The topological polar surface area (TPSA) is 123 Å². The van der Waals surface area contributed by atoms with E-state index in [4.69, 9.17) is 11.5 Å². The number of rotatable bonds is 4. The molecule has 1 saturated heterocycles. The number of piperidine rings is 1. The minimum atomic E-state index is -0.631. The highest BCUT2D eigenvalue weighted by molar-refractivity contribution is 7.06. The van der Waals surface area contributed by atoms with Crippen LogP contribution < -0.4 is 21.7 Å². The Kier molecular flexibility index (Phi) is 4.39. The molecule has 2 aromatic heterocycles. The maximum Gasteiger partial charge on any atom is 0.271 e. The molecule has 1 aliphatic heterocycles. The Morgan fingerprint density at radius 2 is 2.35 bits per heavy atom. The first-order valence-electron chi connectivity index (χ1n) is 7.40. The first-order valence-corrected chi connectivity index (χ1v) is 8.18. The second-order valence-corrected chi connectivity index (χ2v) is 6.59. The summed E-state index contributed by atoms with van der Waals surface area (Å²) in [4.78, 5) is 23.4. The molecule has 0 bridgehead atoms. The van der Waals surface area contributed by atoms with E-state index in [0.29, 0.717) is 17.5 Å². The van der Waals surface area contributed by atoms with Crippen LogP contribution in [-0.4, -0.2) is 39.4 Å². The molecular formula is C14H19N7OS. The number of nitrogens with zero attached hydrogens (tertiary/aromatic N) is 4. The van der Waals surface area contributed by atoms with E-state index in [0.717, 1.165) is 30.8 Å². The molecule has 2 aromatic rings. The Labute approximate surface area is 138 Å². The Morgan fingerprint density at radius 1 is 1.52 bits per heavy atom. The molecule has 0 saturated carbocycles. The van der Waals surface area contributed by atoms with Gasteiger partial charge in [-0.1, -0.05) is 0 Å². The van der Waals surface area contributed by atoms with E-state index in [-0.39, 0.29) is 11.7 Å². The average Bonchev–Trinajstić information content (AvgIpc) is 2.92. The Hall–Kier alpha value is -2.26. The van der Waals surface area contributed by atoms with Gasteiger partial charge in [-0.3, -0.25) is 4.79 Å². The van der Waals surface area contributed by atoms with Crippen molar-refractivity contribution in [3.63, 3.8) is 0 Å². The summed E-state index contributed by atoms with van der Waals surface area (Å²) in [6.07, 6.45) is 3.58. The van der Waals surface area contributed by atoms with E-state index in [1.807, 2.05) is 13.0 Å². The molecule has 3 rings (SSSR count). The Balaban J connectivity index is 1.91. The van der Waals surface area contributed by atoms with Gasteiger partial charge >= 0.3 is 0 Å². The molecule has 1 amide bonds. The van der Waals surface area contributed by atoms with E-state index in [1.54, 1.807) is 6.20 Å². The van der Waals surface area contributed by atoms with Crippen molar-refractivity contribution in [1.29, 1.82) is 0 Å². The van der Waals surface area contributed by atoms with Crippen molar-refractivity contribution in [1.82, 2.24) is 14.3 Å². The number of aromatic nitrogens is 3. The van der Waals surface area contributed by atoms with Gasteiger partial charge in [0.2, 0.25) is 0 Å². The summed E-state index contributed by atoms with van der Waals surface area (Å²) in [5.41, 5.74) is 11.5.